The van der Waals surface area contributed by atoms with Crippen LogP contribution in [0, 0.1) is 5.92 Å². The minimum atomic E-state index is -3.62. The number of sulfone groups is 1. The maximum absolute atomic E-state index is 12.6. The number of likely N-dealkylation sites (tertiary alicyclic amines) is 1. The molecule has 24 heavy (non-hydrogen) atoms. The lowest BCUT2D eigenvalue weighted by Crippen LogP contribution is -2.34. The van der Waals surface area contributed by atoms with Crippen molar-refractivity contribution in [3.8, 4) is 0 Å². The van der Waals surface area contributed by atoms with Crippen molar-refractivity contribution in [1.82, 2.24) is 4.90 Å². The molecule has 1 fully saturated rings. The molecule has 0 aliphatic carbocycles. The lowest BCUT2D eigenvalue weighted by molar-refractivity contribution is -0.146. The van der Waals surface area contributed by atoms with Gasteiger partial charge in [0.25, 0.3) is 0 Å². The number of amides is 1. The first-order chi connectivity index (χ1) is 11.2. The lowest BCUT2D eigenvalue weighted by Gasteiger charge is -2.27. The van der Waals surface area contributed by atoms with Crippen LogP contribution in [0.3, 0.4) is 0 Å². The van der Waals surface area contributed by atoms with Crippen LogP contribution in [0.25, 0.3) is 0 Å². The van der Waals surface area contributed by atoms with Gasteiger partial charge in [-0.3, -0.25) is 4.79 Å². The van der Waals surface area contributed by atoms with Gasteiger partial charge in [0.1, 0.15) is 0 Å². The van der Waals surface area contributed by atoms with Crippen LogP contribution in [-0.4, -0.2) is 49.4 Å². The van der Waals surface area contributed by atoms with E-state index >= 15 is 0 Å². The fraction of sp³-hybridized carbons (Fsp3) is 0.500. The van der Waals surface area contributed by atoms with Gasteiger partial charge in [-0.1, -0.05) is 18.2 Å². The van der Waals surface area contributed by atoms with Crippen LogP contribution in [0.2, 0.25) is 0 Å². The van der Waals surface area contributed by atoms with Crippen molar-refractivity contribution in [2.75, 3.05) is 13.7 Å². The number of carbonyl (C=O) groups excluding carboxylic acids is 1. The third kappa shape index (κ3) is 3.10. The predicted octanol–water partition coefficient (Wildman–Crippen LogP) is 2.08. The van der Waals surface area contributed by atoms with Gasteiger partial charge in [-0.25, -0.2) is 13.2 Å². The van der Waals surface area contributed by atoms with Crippen molar-refractivity contribution in [3.05, 3.63) is 29.8 Å². The van der Waals surface area contributed by atoms with Crippen LogP contribution in [-0.2, 0) is 19.4 Å². The zero-order chi connectivity index (χ0) is 18.1. The van der Waals surface area contributed by atoms with Crippen LogP contribution in [0.1, 0.15) is 31.9 Å². The van der Waals surface area contributed by atoms with E-state index in [1.807, 2.05) is 0 Å². The Morgan fingerprint density at radius 3 is 2.46 bits per heavy atom. The van der Waals surface area contributed by atoms with Crippen LogP contribution < -0.4 is 0 Å². The number of benzene rings is 1. The number of ether oxygens (including phenoxy) is 1. The van der Waals surface area contributed by atoms with Crippen molar-refractivity contribution in [1.29, 1.82) is 0 Å². The van der Waals surface area contributed by atoms with Gasteiger partial charge < -0.3 is 14.7 Å². The molecule has 0 spiro atoms. The molecule has 1 heterocycles. The third-order valence-corrected chi connectivity index (χ3v) is 6.54. The summed E-state index contributed by atoms with van der Waals surface area (Å²) in [4.78, 5) is 24.8. The fourth-order valence-electron chi connectivity index (χ4n) is 3.03. The Kier molecular flexibility index (Phi) is 5.17. The molecular weight excluding hydrogens is 334 g/mol. The summed E-state index contributed by atoms with van der Waals surface area (Å²) < 4.78 is 30.1. The number of nitrogens with zero attached hydrogens (tertiary/aromatic N) is 1. The summed E-state index contributed by atoms with van der Waals surface area (Å²) in [6.45, 7) is 3.27. The van der Waals surface area contributed by atoms with Crippen molar-refractivity contribution in [2.45, 2.75) is 36.5 Å². The van der Waals surface area contributed by atoms with E-state index < -0.39 is 39.1 Å². The van der Waals surface area contributed by atoms with E-state index in [2.05, 4.69) is 0 Å². The topological polar surface area (TPSA) is 101 Å². The van der Waals surface area contributed by atoms with Crippen molar-refractivity contribution in [2.24, 2.45) is 5.92 Å². The maximum Gasteiger partial charge on any atom is 0.407 e. The zero-order valence-electron chi connectivity index (χ0n) is 13.8. The van der Waals surface area contributed by atoms with Crippen molar-refractivity contribution >= 4 is 21.9 Å². The Balaban J connectivity index is 2.63. The van der Waals surface area contributed by atoms with Gasteiger partial charge >= 0.3 is 12.1 Å². The Hall–Kier alpha value is -2.09. The highest BCUT2D eigenvalue weighted by molar-refractivity contribution is 7.92. The Bertz CT molecular complexity index is 743. The molecule has 2 atom stereocenters. The monoisotopic (exact) mass is 355 g/mol. The van der Waals surface area contributed by atoms with Crippen molar-refractivity contribution < 1.29 is 27.9 Å². The predicted molar refractivity (Wildman–Crippen MR) is 86.4 cm³/mol. The highest BCUT2D eigenvalue weighted by Crippen LogP contribution is 2.41. The van der Waals surface area contributed by atoms with E-state index in [1.165, 1.54) is 13.2 Å². The molecule has 1 aliphatic rings. The summed E-state index contributed by atoms with van der Waals surface area (Å²) in [6.07, 6.45) is -0.900. The molecule has 1 aliphatic heterocycles. The first kappa shape index (κ1) is 18.3. The molecule has 2 rings (SSSR count). The van der Waals surface area contributed by atoms with Crippen LogP contribution >= 0.6 is 0 Å². The van der Waals surface area contributed by atoms with Crippen LogP contribution in [0.4, 0.5) is 4.79 Å². The first-order valence-electron chi connectivity index (χ1n) is 7.62. The highest BCUT2D eigenvalue weighted by atomic mass is 32.2. The summed E-state index contributed by atoms with van der Waals surface area (Å²) in [7, 11) is -2.39. The molecule has 1 amide bonds. The Morgan fingerprint density at radius 2 is 1.92 bits per heavy atom. The molecule has 1 aromatic rings. The van der Waals surface area contributed by atoms with Gasteiger partial charge in [0.2, 0.25) is 0 Å². The molecule has 1 saturated heterocycles. The number of hydrogen-bond acceptors (Lipinski definition) is 5. The number of carbonyl (C=O) groups is 2. The normalized spacial score (nSPS) is 21.1. The number of esters is 1. The molecule has 7 nitrogen and oxygen atoms in total. The summed E-state index contributed by atoms with van der Waals surface area (Å²) in [6, 6.07) is 5.38. The molecule has 0 aromatic heterocycles. The number of methoxy groups -OCH3 is 1. The number of rotatable bonds is 4. The fourth-order valence-corrected chi connectivity index (χ4v) is 4.32. The summed E-state index contributed by atoms with van der Waals surface area (Å²) in [5, 5.41) is 8.79. The SMILES string of the molecule is COC(=O)C1CCN(C(=O)O)C1c1ccccc1S(=O)(=O)C(C)C. The van der Waals surface area contributed by atoms with E-state index in [0.717, 1.165) is 4.90 Å². The second-order valence-corrected chi connectivity index (χ2v) is 8.44. The van der Waals surface area contributed by atoms with Crippen LogP contribution in [0.5, 0.6) is 0 Å². The minimum Gasteiger partial charge on any atom is -0.469 e. The van der Waals surface area contributed by atoms with E-state index in [9.17, 15) is 23.1 Å². The third-order valence-electron chi connectivity index (χ3n) is 4.31. The number of hydrogen-bond donors (Lipinski definition) is 1. The largest absolute Gasteiger partial charge is 0.469 e. The second-order valence-electron chi connectivity index (χ2n) is 5.97. The first-order valence-corrected chi connectivity index (χ1v) is 9.16. The van der Waals surface area contributed by atoms with Crippen LogP contribution in [0.15, 0.2) is 29.2 Å². The van der Waals surface area contributed by atoms with Gasteiger partial charge in [-0.05, 0) is 31.9 Å². The zero-order valence-corrected chi connectivity index (χ0v) is 14.6. The van der Waals surface area contributed by atoms with Crippen molar-refractivity contribution in [3.63, 3.8) is 0 Å². The van der Waals surface area contributed by atoms with Gasteiger partial charge in [0.15, 0.2) is 9.84 Å². The van der Waals surface area contributed by atoms with Gasteiger partial charge in [0, 0.05) is 6.54 Å². The second kappa shape index (κ2) is 6.80. The molecule has 1 N–H and O–H groups in total. The Morgan fingerprint density at radius 1 is 1.29 bits per heavy atom. The average Bonchev–Trinajstić information content (AvgIpc) is 2.99. The average molecular weight is 355 g/mol. The molecule has 0 radical (unpaired) electrons. The quantitative estimate of drug-likeness (QED) is 0.830. The minimum absolute atomic E-state index is 0.0621. The van der Waals surface area contributed by atoms with E-state index in [4.69, 9.17) is 4.74 Å². The van der Waals surface area contributed by atoms with Gasteiger partial charge in [-0.15, -0.1) is 0 Å². The molecule has 132 valence electrons. The lowest BCUT2D eigenvalue weighted by atomic mass is 9.94. The van der Waals surface area contributed by atoms with E-state index in [1.54, 1.807) is 32.0 Å². The van der Waals surface area contributed by atoms with Gasteiger partial charge in [0.05, 0.1) is 29.2 Å². The molecule has 2 unspecified atom stereocenters. The molecule has 8 heteroatoms. The summed E-state index contributed by atoms with van der Waals surface area (Å²) in [5.41, 5.74) is 0.321. The maximum atomic E-state index is 12.6. The number of carboxylic acid groups (broad SMARTS) is 1. The molecule has 0 bridgehead atoms. The van der Waals surface area contributed by atoms with Gasteiger partial charge in [-0.2, -0.15) is 0 Å². The smallest absolute Gasteiger partial charge is 0.407 e. The summed E-state index contributed by atoms with van der Waals surface area (Å²) >= 11 is 0. The standard InChI is InChI=1S/C16H21NO6S/c1-10(2)24(21,22)13-7-5-4-6-11(13)14-12(15(18)23-3)8-9-17(14)16(19)20/h4-7,10,12,14H,8-9H2,1-3H3,(H,19,20). The summed E-state index contributed by atoms with van der Waals surface area (Å²) in [5.74, 6) is -1.27. The Labute approximate surface area is 141 Å². The molecule has 0 saturated carbocycles. The molecular formula is C16H21NO6S. The molecule has 1 aromatic carbocycles. The highest BCUT2D eigenvalue weighted by Gasteiger charge is 2.44. The van der Waals surface area contributed by atoms with E-state index in [-0.39, 0.29) is 11.4 Å². The van der Waals surface area contributed by atoms with E-state index in [0.29, 0.717) is 12.0 Å².